The Morgan fingerprint density at radius 3 is 1.93 bits per heavy atom. The van der Waals surface area contributed by atoms with Gasteiger partial charge in [-0.2, -0.15) is 0 Å². The molecule has 0 saturated heterocycles. The average molecular weight is 461 g/mol. The average Bonchev–Trinajstić information content (AvgIpc) is 2.51. The van der Waals surface area contributed by atoms with Gasteiger partial charge >= 0.3 is 74.3 Å². The number of hydrogen-bond donors (Lipinski definition) is 5. The first kappa shape index (κ1) is 30.9. The first-order valence-corrected chi connectivity index (χ1v) is 12.3. The van der Waals surface area contributed by atoms with E-state index in [4.69, 9.17) is 19.6 Å². The van der Waals surface area contributed by atoms with Gasteiger partial charge in [-0.15, -0.1) is 0 Å². The topological polar surface area (TPSA) is 153 Å². The molecule has 0 atom stereocenters. The maximum Gasteiger partial charge on any atom is 1.00 e. The molecule has 0 unspecified atom stereocenters. The number of nitrogens with zero attached hydrogens (tertiary/aromatic N) is 2. The zero-order valence-electron chi connectivity index (χ0n) is 17.8. The van der Waals surface area contributed by atoms with Crippen LogP contribution in [0.3, 0.4) is 0 Å². The number of nitrogens with one attached hydrogen (secondary N) is 1. The second-order valence-corrected chi connectivity index (χ2v) is 10.4. The van der Waals surface area contributed by atoms with Gasteiger partial charge < -0.3 is 22.4 Å². The van der Waals surface area contributed by atoms with Gasteiger partial charge in [-0.25, -0.2) is 9.97 Å². The largest absolute Gasteiger partial charge is 1.00 e. The molecule has 0 aliphatic rings. The first-order valence-electron chi connectivity index (χ1n) is 7.95. The van der Waals surface area contributed by atoms with Gasteiger partial charge in [0.25, 0.3) is 0 Å². The summed E-state index contributed by atoms with van der Waals surface area (Å²) in [4.78, 5) is 44.1. The molecule has 0 aliphatic heterocycles. The quantitative estimate of drug-likeness (QED) is 0.0654. The fourth-order valence-electron chi connectivity index (χ4n) is 2.12. The number of aromatic nitrogens is 2. The Hall–Kier alpha value is 1.69. The molecule has 27 heavy (non-hydrogen) atoms. The molecule has 0 aliphatic carbocycles. The normalized spacial score (nSPS) is 11.7. The van der Waals surface area contributed by atoms with Crippen LogP contribution >= 0.6 is 27.0 Å². The standard InChI is InChI=1S/C13H25N3O6P2S.2Na.2H/c17-23(18,19)13(24(20,21)22)16-8-5-3-1-2-4-6-11-25-12-14-9-7-10-15-12;;;;/h7,9-10,13,16H,1-6,8,11H2,(H2,17,18,19)(H2,20,21,22);;;;/q;2*+1;2*-1. The smallest absolute Gasteiger partial charge is 1.00 e. The van der Waals surface area contributed by atoms with E-state index >= 15 is 0 Å². The van der Waals surface area contributed by atoms with Crippen LogP contribution in [0.15, 0.2) is 23.6 Å². The van der Waals surface area contributed by atoms with E-state index in [0.717, 1.165) is 43.0 Å². The molecule has 0 spiro atoms. The third kappa shape index (κ3) is 15.2. The minimum atomic E-state index is -4.88. The second-order valence-electron chi connectivity index (χ2n) is 5.51. The van der Waals surface area contributed by atoms with Gasteiger partial charge in [-0.3, -0.25) is 14.4 Å². The Morgan fingerprint density at radius 2 is 1.41 bits per heavy atom. The molecule has 1 heterocycles. The van der Waals surface area contributed by atoms with Crippen molar-refractivity contribution in [2.75, 3.05) is 12.3 Å². The summed E-state index contributed by atoms with van der Waals surface area (Å²) >= 11 is 1.62. The van der Waals surface area contributed by atoms with Crippen LogP contribution < -0.4 is 64.4 Å². The van der Waals surface area contributed by atoms with Crippen molar-refractivity contribution < 1.29 is 90.7 Å². The van der Waals surface area contributed by atoms with Crippen molar-refractivity contribution in [2.45, 2.75) is 49.2 Å². The molecule has 0 bridgehead atoms. The van der Waals surface area contributed by atoms with Gasteiger partial charge in [0.2, 0.25) is 5.52 Å². The van der Waals surface area contributed by atoms with Gasteiger partial charge in [0.15, 0.2) is 5.16 Å². The zero-order chi connectivity index (χ0) is 18.8. The Balaban J connectivity index is -0.000000781. The van der Waals surface area contributed by atoms with Crippen LogP contribution in [-0.4, -0.2) is 47.4 Å². The van der Waals surface area contributed by atoms with E-state index in [-0.39, 0.29) is 68.5 Å². The molecule has 0 fully saturated rings. The number of unbranched alkanes of at least 4 members (excludes halogenated alkanes) is 5. The summed E-state index contributed by atoms with van der Waals surface area (Å²) in [6.07, 6.45) is 8.99. The van der Waals surface area contributed by atoms with Crippen LogP contribution in [0.5, 0.6) is 0 Å². The summed E-state index contributed by atoms with van der Waals surface area (Å²) in [6.45, 7) is 0.155. The third-order valence-electron chi connectivity index (χ3n) is 3.31. The molecule has 0 amide bonds. The van der Waals surface area contributed by atoms with Crippen molar-refractivity contribution in [3.8, 4) is 0 Å². The second kappa shape index (κ2) is 16.4. The van der Waals surface area contributed by atoms with Crippen LogP contribution in [0.25, 0.3) is 0 Å². The molecule has 148 valence electrons. The molecule has 0 aromatic carbocycles. The number of hydrogen-bond acceptors (Lipinski definition) is 6. The Bertz CT molecular complexity index is 581. The Kier molecular flexibility index (Phi) is 18.7. The van der Waals surface area contributed by atoms with Gasteiger partial charge in [0.05, 0.1) is 0 Å². The van der Waals surface area contributed by atoms with E-state index in [9.17, 15) is 9.13 Å². The summed E-state index contributed by atoms with van der Waals surface area (Å²) in [5.41, 5.74) is -2.11. The van der Waals surface area contributed by atoms with Crippen LogP contribution in [0.1, 0.15) is 41.4 Å². The molecule has 1 aromatic heterocycles. The maximum absolute atomic E-state index is 11.1. The molecule has 5 N–H and O–H groups in total. The van der Waals surface area contributed by atoms with E-state index < -0.39 is 20.7 Å². The van der Waals surface area contributed by atoms with Gasteiger partial charge in [0.1, 0.15) is 0 Å². The zero-order valence-corrected chi connectivity index (χ0v) is 22.4. The Morgan fingerprint density at radius 1 is 0.926 bits per heavy atom. The van der Waals surface area contributed by atoms with Crippen molar-refractivity contribution >= 4 is 27.0 Å². The summed E-state index contributed by atoms with van der Waals surface area (Å²) in [7, 11) is -9.77. The summed E-state index contributed by atoms with van der Waals surface area (Å²) < 4.78 is 22.2. The van der Waals surface area contributed by atoms with E-state index in [1.807, 2.05) is 0 Å². The van der Waals surface area contributed by atoms with Crippen molar-refractivity contribution in [1.29, 1.82) is 0 Å². The minimum absolute atomic E-state index is 0. The van der Waals surface area contributed by atoms with Crippen LogP contribution in [0.2, 0.25) is 0 Å². The summed E-state index contributed by atoms with van der Waals surface area (Å²) in [5.74, 6) is 0.956. The van der Waals surface area contributed by atoms with E-state index in [1.165, 1.54) is 0 Å². The van der Waals surface area contributed by atoms with Crippen molar-refractivity contribution in [3.05, 3.63) is 18.5 Å². The molecule has 1 aromatic rings. The maximum atomic E-state index is 11.1. The van der Waals surface area contributed by atoms with E-state index in [1.54, 1.807) is 30.2 Å². The van der Waals surface area contributed by atoms with Gasteiger partial charge in [-0.1, -0.05) is 37.4 Å². The Labute approximate surface area is 211 Å². The molecule has 1 rings (SSSR count). The third-order valence-corrected chi connectivity index (χ3v) is 7.71. The summed E-state index contributed by atoms with van der Waals surface area (Å²) in [5, 5.41) is 3.06. The minimum Gasteiger partial charge on any atom is -1.00 e. The van der Waals surface area contributed by atoms with Gasteiger partial charge in [0, 0.05) is 18.1 Å². The monoisotopic (exact) mass is 461 g/mol. The molecular formula is C13H27N3Na2O6P2S. The fourth-order valence-corrected chi connectivity index (χ4v) is 5.23. The summed E-state index contributed by atoms with van der Waals surface area (Å²) in [6, 6.07) is 1.78. The molecule has 14 heteroatoms. The predicted octanol–water partition coefficient (Wildman–Crippen LogP) is -3.63. The van der Waals surface area contributed by atoms with Crippen molar-refractivity contribution in [2.24, 2.45) is 0 Å². The molecule has 0 radical (unpaired) electrons. The molecular weight excluding hydrogens is 434 g/mol. The van der Waals surface area contributed by atoms with Crippen molar-refractivity contribution in [3.63, 3.8) is 0 Å². The molecule has 9 nitrogen and oxygen atoms in total. The number of thioether (sulfide) groups is 1. The van der Waals surface area contributed by atoms with E-state index in [0.29, 0.717) is 6.42 Å². The first-order chi connectivity index (χ1) is 11.7. The number of rotatable bonds is 13. The van der Waals surface area contributed by atoms with Crippen molar-refractivity contribution in [1.82, 2.24) is 15.3 Å². The van der Waals surface area contributed by atoms with Crippen LogP contribution in [-0.2, 0) is 9.13 Å². The SMILES string of the molecule is O=P(O)(O)C(NCCCCCCCCSc1ncccn1)P(=O)(O)O.[H-].[H-].[Na+].[Na+]. The van der Waals surface area contributed by atoms with E-state index in [2.05, 4.69) is 15.3 Å². The fraction of sp³-hybridized carbons (Fsp3) is 0.692. The molecule has 0 saturated carbocycles. The van der Waals surface area contributed by atoms with Crippen LogP contribution in [0.4, 0.5) is 0 Å². The predicted molar refractivity (Wildman–Crippen MR) is 98.6 cm³/mol. The van der Waals surface area contributed by atoms with Crippen LogP contribution in [0, 0.1) is 0 Å². The van der Waals surface area contributed by atoms with Gasteiger partial charge in [-0.05, 0) is 25.5 Å².